The maximum Gasteiger partial charge on any atom is 0.320 e. The van der Waals surface area contributed by atoms with E-state index < -0.39 is 11.6 Å². The second-order valence-corrected chi connectivity index (χ2v) is 16.4. The molecule has 0 aliphatic carbocycles. The van der Waals surface area contributed by atoms with E-state index >= 15 is 8.78 Å². The van der Waals surface area contributed by atoms with Crippen LogP contribution >= 0.6 is 0 Å². The van der Waals surface area contributed by atoms with Crippen LogP contribution in [0.15, 0.2) is 49.1 Å². The maximum atomic E-state index is 15.3. The number of pyridine rings is 4. The Morgan fingerprint density at radius 2 is 1.06 bits per heavy atom. The summed E-state index contributed by atoms with van der Waals surface area (Å²) in [5, 5.41) is 20.0. The zero-order valence-corrected chi connectivity index (χ0v) is 36.4. The van der Waals surface area contributed by atoms with E-state index in [1.165, 1.54) is 12.4 Å². The van der Waals surface area contributed by atoms with Gasteiger partial charge in [-0.25, -0.2) is 38.3 Å². The predicted octanol–water partition coefficient (Wildman–Crippen LogP) is 6.86. The highest BCUT2D eigenvalue weighted by Gasteiger charge is 2.24. The minimum absolute atomic E-state index is 0.00770. The number of hydrogen-bond donors (Lipinski definition) is 8. The summed E-state index contributed by atoms with van der Waals surface area (Å²) in [5.41, 5.74) is 17.2. The summed E-state index contributed by atoms with van der Waals surface area (Å²) < 4.78 is 52.5. The van der Waals surface area contributed by atoms with Crippen LogP contribution in [0, 0.1) is 25.5 Å². The number of nitrogens with one attached hydrogen (secondary N) is 6. The van der Waals surface area contributed by atoms with Gasteiger partial charge in [0, 0.05) is 84.1 Å². The standard InChI is InChI=1S/2C23H25FN6O3/c2*1-12-16(9-28-22-21(12)26-4-6-33-22)15-7-13-8-18(27-10-17(13)20(25)19(15)24)30-23(31)29-14-3-2-5-32-11-14/h2*7-10,14,26H,2-6,11,25H2,1H3,(H2,27,29,30,31)/t2*14-/m10/s1. The fourth-order valence-corrected chi connectivity index (χ4v) is 8.49. The van der Waals surface area contributed by atoms with Gasteiger partial charge in [0.25, 0.3) is 0 Å². The van der Waals surface area contributed by atoms with E-state index in [1.54, 1.807) is 36.7 Å². The number of amides is 4. The Hall–Kier alpha value is -7.32. The van der Waals surface area contributed by atoms with E-state index in [9.17, 15) is 9.59 Å². The average molecular weight is 905 g/mol. The van der Waals surface area contributed by atoms with Crippen LogP contribution < -0.4 is 52.8 Å². The van der Waals surface area contributed by atoms with Crippen LogP contribution in [0.3, 0.4) is 0 Å². The number of nitrogen functional groups attached to an aromatic ring is 2. The van der Waals surface area contributed by atoms with Crippen LogP contribution in [0.25, 0.3) is 43.8 Å². The van der Waals surface area contributed by atoms with Crippen molar-refractivity contribution < 1.29 is 37.3 Å². The molecular formula is C46H50F2N12O6. The molecule has 66 heavy (non-hydrogen) atoms. The van der Waals surface area contributed by atoms with Gasteiger partial charge in [0.2, 0.25) is 11.8 Å². The molecule has 20 heteroatoms. The molecule has 0 unspecified atom stereocenters. The Balaban J connectivity index is 0.000000166. The SMILES string of the molecule is Cc1c(-c2cc3cc(NC(=O)N[C@@H]4CCCOC4)ncc3c(N)c2F)cnc2c1NCCO2.Cc1c(-c2cc3cc(NC(=O)N[C@H]4CCCOC4)ncc3c(N)c2F)cnc2c1NCCO2. The molecule has 0 radical (unpaired) electrons. The van der Waals surface area contributed by atoms with Gasteiger partial charge in [-0.15, -0.1) is 0 Å². The number of ether oxygens (including phenoxy) is 4. The first-order chi connectivity index (χ1) is 32.0. The molecule has 4 amide bonds. The lowest BCUT2D eigenvalue weighted by molar-refractivity contribution is 0.0739. The van der Waals surface area contributed by atoms with E-state index in [2.05, 4.69) is 51.8 Å². The monoisotopic (exact) mass is 904 g/mol. The molecular weight excluding hydrogens is 855 g/mol. The van der Waals surface area contributed by atoms with Crippen LogP contribution in [0.4, 0.5) is 52.8 Å². The number of rotatable bonds is 6. The molecule has 10 N–H and O–H groups in total. The van der Waals surface area contributed by atoms with Gasteiger partial charge in [0.05, 0.1) is 36.7 Å². The minimum atomic E-state index is -0.540. The van der Waals surface area contributed by atoms with Crippen LogP contribution in [-0.2, 0) is 9.47 Å². The zero-order chi connectivity index (χ0) is 45.9. The molecule has 18 nitrogen and oxygen atoms in total. The molecule has 344 valence electrons. The lowest BCUT2D eigenvalue weighted by Gasteiger charge is -2.23. The third-order valence-corrected chi connectivity index (χ3v) is 11.9. The number of hydrogen-bond acceptors (Lipinski definition) is 14. The normalized spacial score (nSPS) is 17.6. The summed E-state index contributed by atoms with van der Waals surface area (Å²) in [5.74, 6) is 0.597. The fourth-order valence-electron chi connectivity index (χ4n) is 8.49. The number of anilines is 6. The van der Waals surface area contributed by atoms with Gasteiger partial charge >= 0.3 is 12.1 Å². The summed E-state index contributed by atoms with van der Waals surface area (Å²) >= 11 is 0. The largest absolute Gasteiger partial charge is 0.474 e. The Bertz CT molecular complexity index is 2650. The minimum Gasteiger partial charge on any atom is -0.474 e. The van der Waals surface area contributed by atoms with E-state index in [-0.39, 0.29) is 35.5 Å². The van der Waals surface area contributed by atoms with Crippen LogP contribution in [0.5, 0.6) is 11.8 Å². The number of carbonyl (C=O) groups excluding carboxylic acids is 2. The van der Waals surface area contributed by atoms with Gasteiger partial charge in [-0.05, 0) is 85.7 Å². The lowest BCUT2D eigenvalue weighted by atomic mass is 9.97. The number of carbonyl (C=O) groups is 2. The molecule has 8 heterocycles. The third kappa shape index (κ3) is 9.14. The van der Waals surface area contributed by atoms with Crippen molar-refractivity contribution in [2.75, 3.05) is 85.5 Å². The number of benzene rings is 2. The van der Waals surface area contributed by atoms with Gasteiger partial charge in [0.15, 0.2) is 11.6 Å². The number of halogens is 2. The number of nitrogens with zero attached hydrogens (tertiary/aromatic N) is 4. The van der Waals surface area contributed by atoms with Gasteiger partial charge in [-0.2, -0.15) is 0 Å². The van der Waals surface area contributed by atoms with E-state index in [0.29, 0.717) is 120 Å². The highest BCUT2D eigenvalue weighted by Crippen LogP contribution is 2.41. The molecule has 0 bridgehead atoms. The van der Waals surface area contributed by atoms with Crippen LogP contribution in [0.2, 0.25) is 0 Å². The summed E-state index contributed by atoms with van der Waals surface area (Å²) in [6, 6.07) is 5.94. The second-order valence-electron chi connectivity index (χ2n) is 16.4. The summed E-state index contributed by atoms with van der Waals surface area (Å²) in [7, 11) is 0. The van der Waals surface area contributed by atoms with E-state index in [0.717, 1.165) is 48.2 Å². The lowest BCUT2D eigenvalue weighted by Crippen LogP contribution is -2.42. The van der Waals surface area contributed by atoms with Crippen molar-refractivity contribution >= 4 is 68.0 Å². The molecule has 2 saturated heterocycles. The summed E-state index contributed by atoms with van der Waals surface area (Å²) in [4.78, 5) is 41.9. The maximum absolute atomic E-state index is 15.3. The molecule has 2 aromatic carbocycles. The Morgan fingerprint density at radius 1 is 0.621 bits per heavy atom. The first kappa shape index (κ1) is 43.9. The van der Waals surface area contributed by atoms with Gasteiger partial charge in [0.1, 0.15) is 36.2 Å². The highest BCUT2D eigenvalue weighted by molar-refractivity contribution is 6.01. The van der Waals surface area contributed by atoms with Crippen molar-refractivity contribution in [3.05, 3.63) is 71.8 Å². The van der Waals surface area contributed by atoms with Crippen LogP contribution in [-0.4, -0.2) is 96.8 Å². The molecule has 0 spiro atoms. The Labute approximate surface area is 377 Å². The number of nitrogens with two attached hydrogens (primary N) is 2. The van der Waals surface area contributed by atoms with Gasteiger partial charge in [-0.3, -0.25) is 10.6 Å². The quantitative estimate of drug-likeness (QED) is 0.0796. The number of urea groups is 2. The first-order valence-electron chi connectivity index (χ1n) is 21.8. The second kappa shape index (κ2) is 19.0. The zero-order valence-electron chi connectivity index (χ0n) is 36.4. The topological polar surface area (TPSA) is 247 Å². The molecule has 4 aliphatic rings. The van der Waals surface area contributed by atoms with Gasteiger partial charge in [-0.1, -0.05) is 0 Å². The number of fused-ring (bicyclic) bond motifs is 4. The molecule has 4 aliphatic heterocycles. The molecule has 4 aromatic heterocycles. The Morgan fingerprint density at radius 3 is 1.47 bits per heavy atom. The molecule has 2 atom stereocenters. The first-order valence-corrected chi connectivity index (χ1v) is 21.8. The van der Waals surface area contributed by atoms with Crippen molar-refractivity contribution in [1.82, 2.24) is 30.6 Å². The Kier molecular flexibility index (Phi) is 12.7. The third-order valence-electron chi connectivity index (χ3n) is 11.9. The molecule has 6 aromatic rings. The summed E-state index contributed by atoms with van der Waals surface area (Å²) in [6.45, 7) is 8.54. The predicted molar refractivity (Wildman–Crippen MR) is 248 cm³/mol. The van der Waals surface area contributed by atoms with E-state index in [4.69, 9.17) is 30.4 Å². The van der Waals surface area contributed by atoms with Crippen molar-refractivity contribution in [1.29, 1.82) is 0 Å². The van der Waals surface area contributed by atoms with Gasteiger partial charge < -0.3 is 51.7 Å². The summed E-state index contributed by atoms with van der Waals surface area (Å²) in [6.07, 6.45) is 9.65. The van der Waals surface area contributed by atoms with Crippen LogP contribution in [0.1, 0.15) is 36.8 Å². The molecule has 2 fully saturated rings. The highest BCUT2D eigenvalue weighted by atomic mass is 19.1. The number of aromatic nitrogens is 4. The van der Waals surface area contributed by atoms with Crippen molar-refractivity contribution in [3.8, 4) is 34.0 Å². The van der Waals surface area contributed by atoms with E-state index in [1.807, 2.05) is 13.8 Å². The van der Waals surface area contributed by atoms with Crippen molar-refractivity contribution in [2.24, 2.45) is 0 Å². The molecule has 10 rings (SSSR count). The average Bonchev–Trinajstić information content (AvgIpc) is 3.33. The fraction of sp³-hybridized carbons (Fsp3) is 0.348. The van der Waals surface area contributed by atoms with Crippen molar-refractivity contribution in [3.63, 3.8) is 0 Å². The van der Waals surface area contributed by atoms with Crippen molar-refractivity contribution in [2.45, 2.75) is 51.6 Å². The molecule has 0 saturated carbocycles. The smallest absolute Gasteiger partial charge is 0.320 e.